The molecule has 0 bridgehead atoms. The zero-order chi connectivity index (χ0) is 11.1. The van der Waals surface area contributed by atoms with Crippen LogP contribution in [0, 0.1) is 0 Å². The molecule has 4 nitrogen and oxygen atoms in total. The predicted octanol–water partition coefficient (Wildman–Crippen LogP) is 2.00. The van der Waals surface area contributed by atoms with Crippen molar-refractivity contribution in [1.29, 1.82) is 0 Å². The minimum Gasteiger partial charge on any atom is -0.349 e. The van der Waals surface area contributed by atoms with Gasteiger partial charge < -0.3 is 5.32 Å². The normalized spacial score (nSPS) is 12.4. The van der Waals surface area contributed by atoms with Gasteiger partial charge in [0.05, 0.1) is 12.2 Å². The molecule has 2 N–H and O–H groups in total. The minimum atomic E-state index is 0.00671. The first-order chi connectivity index (χ1) is 7.24. The topological polar surface area (TPSA) is 57.8 Å². The van der Waals surface area contributed by atoms with Crippen molar-refractivity contribution in [3.05, 3.63) is 18.0 Å². The Kier molecular flexibility index (Phi) is 5.18. The lowest BCUT2D eigenvalue weighted by atomic mass is 10.2. The van der Waals surface area contributed by atoms with Crippen molar-refractivity contribution in [2.45, 2.75) is 32.2 Å². The molecule has 1 unspecified atom stereocenters. The van der Waals surface area contributed by atoms with Crippen molar-refractivity contribution in [2.75, 3.05) is 5.88 Å². The summed E-state index contributed by atoms with van der Waals surface area (Å²) in [5.41, 5.74) is 0.987. The van der Waals surface area contributed by atoms with Crippen molar-refractivity contribution >= 4 is 17.5 Å². The third kappa shape index (κ3) is 4.34. The number of rotatable bonds is 6. The summed E-state index contributed by atoms with van der Waals surface area (Å²) in [7, 11) is 0. The third-order valence-electron chi connectivity index (χ3n) is 2.18. The summed E-state index contributed by atoms with van der Waals surface area (Å²) in [4.78, 5) is 11.4. The highest BCUT2D eigenvalue weighted by atomic mass is 35.5. The van der Waals surface area contributed by atoms with Crippen LogP contribution in [0.1, 0.15) is 37.8 Å². The zero-order valence-corrected chi connectivity index (χ0v) is 9.55. The summed E-state index contributed by atoms with van der Waals surface area (Å²) >= 11 is 5.53. The number of alkyl halides is 1. The third-order valence-corrected chi connectivity index (χ3v) is 2.45. The van der Waals surface area contributed by atoms with Gasteiger partial charge in [-0.15, -0.1) is 11.6 Å². The maximum absolute atomic E-state index is 11.4. The second-order valence-corrected chi connectivity index (χ2v) is 3.84. The van der Waals surface area contributed by atoms with Crippen LogP contribution in [0.4, 0.5) is 0 Å². The van der Waals surface area contributed by atoms with Gasteiger partial charge in [-0.2, -0.15) is 5.10 Å². The Hall–Kier alpha value is -1.03. The van der Waals surface area contributed by atoms with E-state index >= 15 is 0 Å². The van der Waals surface area contributed by atoms with Gasteiger partial charge in [-0.05, 0) is 19.8 Å². The number of unbranched alkanes of at least 4 members (excludes halogenated alkanes) is 1. The van der Waals surface area contributed by atoms with Crippen LogP contribution >= 0.6 is 11.6 Å². The molecular weight excluding hydrogens is 214 g/mol. The lowest BCUT2D eigenvalue weighted by Crippen LogP contribution is -2.26. The molecule has 1 aromatic heterocycles. The first-order valence-corrected chi connectivity index (χ1v) is 5.61. The molecule has 0 aliphatic heterocycles. The second-order valence-electron chi connectivity index (χ2n) is 3.47. The Balaban J connectivity index is 2.26. The van der Waals surface area contributed by atoms with E-state index < -0.39 is 0 Å². The van der Waals surface area contributed by atoms with Gasteiger partial charge in [0.2, 0.25) is 5.91 Å². The summed E-state index contributed by atoms with van der Waals surface area (Å²) in [5, 5.41) is 9.45. The number of aromatic nitrogens is 2. The Morgan fingerprint density at radius 1 is 1.67 bits per heavy atom. The number of amides is 1. The molecule has 0 saturated carbocycles. The number of H-pyrrole nitrogens is 1. The molecule has 1 amide bonds. The summed E-state index contributed by atoms with van der Waals surface area (Å²) in [6, 6.07) is 0.00671. The van der Waals surface area contributed by atoms with Crippen LogP contribution in [0.2, 0.25) is 0 Å². The van der Waals surface area contributed by atoms with Gasteiger partial charge in [-0.3, -0.25) is 9.89 Å². The van der Waals surface area contributed by atoms with Crippen LogP contribution < -0.4 is 5.32 Å². The van der Waals surface area contributed by atoms with E-state index in [9.17, 15) is 4.79 Å². The van der Waals surface area contributed by atoms with Gasteiger partial charge in [0, 0.05) is 24.1 Å². The van der Waals surface area contributed by atoms with Crippen molar-refractivity contribution in [1.82, 2.24) is 15.5 Å². The van der Waals surface area contributed by atoms with Crippen LogP contribution in [-0.2, 0) is 4.79 Å². The molecule has 0 radical (unpaired) electrons. The average molecular weight is 230 g/mol. The van der Waals surface area contributed by atoms with Crippen LogP contribution in [0.3, 0.4) is 0 Å². The van der Waals surface area contributed by atoms with E-state index in [0.717, 1.165) is 18.4 Å². The summed E-state index contributed by atoms with van der Waals surface area (Å²) in [6.07, 6.45) is 5.75. The predicted molar refractivity (Wildman–Crippen MR) is 59.7 cm³/mol. The maximum atomic E-state index is 11.4. The molecule has 0 fully saturated rings. The smallest absolute Gasteiger partial charge is 0.220 e. The number of nitrogens with one attached hydrogen (secondary N) is 2. The summed E-state index contributed by atoms with van der Waals surface area (Å²) in [5.74, 6) is 0.679. The quantitative estimate of drug-likeness (QED) is 0.579. The van der Waals surface area contributed by atoms with Crippen LogP contribution in [-0.4, -0.2) is 22.0 Å². The second kappa shape index (κ2) is 6.45. The van der Waals surface area contributed by atoms with Gasteiger partial charge in [0.25, 0.3) is 0 Å². The van der Waals surface area contributed by atoms with E-state index in [1.54, 1.807) is 12.4 Å². The number of hydrogen-bond donors (Lipinski definition) is 2. The maximum Gasteiger partial charge on any atom is 0.220 e. The molecule has 1 rings (SSSR count). The summed E-state index contributed by atoms with van der Waals surface area (Å²) in [6.45, 7) is 1.93. The van der Waals surface area contributed by atoms with Gasteiger partial charge >= 0.3 is 0 Å². The summed E-state index contributed by atoms with van der Waals surface area (Å²) < 4.78 is 0. The Morgan fingerprint density at radius 3 is 3.07 bits per heavy atom. The number of carbonyl (C=O) groups is 1. The first-order valence-electron chi connectivity index (χ1n) is 5.08. The van der Waals surface area contributed by atoms with E-state index in [-0.39, 0.29) is 11.9 Å². The highest BCUT2D eigenvalue weighted by Gasteiger charge is 2.09. The molecule has 1 heterocycles. The highest BCUT2D eigenvalue weighted by Crippen LogP contribution is 2.09. The fourth-order valence-corrected chi connectivity index (χ4v) is 1.46. The first kappa shape index (κ1) is 12.0. The number of hydrogen-bond acceptors (Lipinski definition) is 2. The van der Waals surface area contributed by atoms with E-state index in [1.807, 2.05) is 6.92 Å². The molecule has 84 valence electrons. The Bertz CT molecular complexity index is 287. The molecule has 0 aromatic carbocycles. The van der Waals surface area contributed by atoms with E-state index in [1.165, 1.54) is 0 Å². The molecule has 1 aromatic rings. The molecule has 1 atom stereocenters. The molecule has 5 heteroatoms. The number of nitrogens with zero attached hydrogens (tertiary/aromatic N) is 1. The monoisotopic (exact) mass is 229 g/mol. The van der Waals surface area contributed by atoms with Crippen LogP contribution in [0.15, 0.2) is 12.4 Å². The van der Waals surface area contributed by atoms with Gasteiger partial charge in [0.15, 0.2) is 0 Å². The molecule has 0 aliphatic carbocycles. The Morgan fingerprint density at radius 2 is 2.47 bits per heavy atom. The molecule has 0 spiro atoms. The van der Waals surface area contributed by atoms with E-state index in [0.29, 0.717) is 12.3 Å². The van der Waals surface area contributed by atoms with Crippen LogP contribution in [0.25, 0.3) is 0 Å². The lowest BCUT2D eigenvalue weighted by Gasteiger charge is -2.11. The average Bonchev–Trinajstić information content (AvgIpc) is 2.70. The lowest BCUT2D eigenvalue weighted by molar-refractivity contribution is -0.121. The Labute approximate surface area is 94.4 Å². The van der Waals surface area contributed by atoms with Crippen molar-refractivity contribution in [3.63, 3.8) is 0 Å². The SMILES string of the molecule is CC(NC(=O)CCCCCl)c1cn[nH]c1. The fraction of sp³-hybridized carbons (Fsp3) is 0.600. The molecule has 0 aliphatic rings. The highest BCUT2D eigenvalue weighted by molar-refractivity contribution is 6.17. The standard InChI is InChI=1S/C10H16ClN3O/c1-8(9-6-12-13-7-9)14-10(15)4-2-3-5-11/h6-8H,2-5H2,1H3,(H,12,13)(H,14,15). The number of halogens is 1. The number of carbonyl (C=O) groups excluding carboxylic acids is 1. The van der Waals surface area contributed by atoms with E-state index in [4.69, 9.17) is 11.6 Å². The molecular formula is C10H16ClN3O. The van der Waals surface area contributed by atoms with Crippen molar-refractivity contribution in [3.8, 4) is 0 Å². The van der Waals surface area contributed by atoms with Gasteiger partial charge in [0.1, 0.15) is 0 Å². The molecule has 15 heavy (non-hydrogen) atoms. The van der Waals surface area contributed by atoms with Crippen molar-refractivity contribution in [2.24, 2.45) is 0 Å². The van der Waals surface area contributed by atoms with Gasteiger partial charge in [-0.1, -0.05) is 0 Å². The zero-order valence-electron chi connectivity index (χ0n) is 8.79. The van der Waals surface area contributed by atoms with Gasteiger partial charge in [-0.25, -0.2) is 0 Å². The fourth-order valence-electron chi connectivity index (χ4n) is 1.27. The number of aromatic amines is 1. The largest absolute Gasteiger partial charge is 0.349 e. The molecule has 0 saturated heterocycles. The van der Waals surface area contributed by atoms with E-state index in [2.05, 4.69) is 15.5 Å². The van der Waals surface area contributed by atoms with Crippen molar-refractivity contribution < 1.29 is 4.79 Å². The van der Waals surface area contributed by atoms with Crippen LogP contribution in [0.5, 0.6) is 0 Å². The minimum absolute atomic E-state index is 0.00671.